The van der Waals surface area contributed by atoms with Crippen molar-refractivity contribution in [1.82, 2.24) is 0 Å². The molecule has 96 valence electrons. The molecule has 0 radical (unpaired) electrons. The van der Waals surface area contributed by atoms with Crippen LogP contribution in [0.25, 0.3) is 0 Å². The first-order chi connectivity index (χ1) is 7.70. The van der Waals surface area contributed by atoms with Crippen LogP contribution in [0.15, 0.2) is 0 Å². The molecule has 0 spiro atoms. The van der Waals surface area contributed by atoms with E-state index in [0.29, 0.717) is 19.8 Å². The third kappa shape index (κ3) is 9.77. The van der Waals surface area contributed by atoms with E-state index in [9.17, 15) is 4.79 Å². The van der Waals surface area contributed by atoms with Gasteiger partial charge >= 0.3 is 6.16 Å². The van der Waals surface area contributed by atoms with Crippen LogP contribution in [0.5, 0.6) is 0 Å². The number of ether oxygens (including phenoxy) is 3. The fraction of sp³-hybridized carbons (Fsp3) is 0.917. The molecule has 0 fully saturated rings. The lowest BCUT2D eigenvalue weighted by Gasteiger charge is -2.12. The Morgan fingerprint density at radius 3 is 2.56 bits per heavy atom. The Kier molecular flexibility index (Phi) is 10.2. The molecule has 0 aliphatic carbocycles. The average Bonchev–Trinajstić information content (AvgIpc) is 2.26. The average molecular weight is 232 g/mol. The Bertz CT molecular complexity index is 170. The molecule has 0 aliphatic rings. The summed E-state index contributed by atoms with van der Waals surface area (Å²) in [7, 11) is 0. The molecule has 0 aromatic heterocycles. The number of rotatable bonds is 9. The zero-order chi connectivity index (χ0) is 12.2. The Hall–Kier alpha value is -0.770. The van der Waals surface area contributed by atoms with E-state index in [2.05, 4.69) is 6.92 Å². The fourth-order valence-electron chi connectivity index (χ4n) is 1.20. The van der Waals surface area contributed by atoms with Gasteiger partial charge in [-0.15, -0.1) is 0 Å². The standard InChI is InChI=1S/C12H24O4/c1-4-6-7-8-9-15-12(13)16-11(3)10-14-5-2/h11H,4-10H2,1-3H3. The van der Waals surface area contributed by atoms with Gasteiger partial charge in [-0.1, -0.05) is 26.2 Å². The molecule has 0 bridgehead atoms. The van der Waals surface area contributed by atoms with Crippen LogP contribution >= 0.6 is 0 Å². The first kappa shape index (κ1) is 15.2. The van der Waals surface area contributed by atoms with E-state index < -0.39 is 6.16 Å². The highest BCUT2D eigenvalue weighted by atomic mass is 16.7. The van der Waals surface area contributed by atoms with Crippen LogP contribution in [0.4, 0.5) is 4.79 Å². The summed E-state index contributed by atoms with van der Waals surface area (Å²) < 4.78 is 15.0. The zero-order valence-electron chi connectivity index (χ0n) is 10.7. The number of hydrogen-bond donors (Lipinski definition) is 0. The fourth-order valence-corrected chi connectivity index (χ4v) is 1.20. The van der Waals surface area contributed by atoms with E-state index in [0.717, 1.165) is 12.8 Å². The molecule has 0 aromatic carbocycles. The minimum Gasteiger partial charge on any atom is -0.434 e. The van der Waals surface area contributed by atoms with Crippen molar-refractivity contribution in [2.75, 3.05) is 19.8 Å². The quantitative estimate of drug-likeness (QED) is 0.452. The topological polar surface area (TPSA) is 44.8 Å². The Labute approximate surface area is 98.3 Å². The second-order valence-corrected chi connectivity index (χ2v) is 3.75. The highest BCUT2D eigenvalue weighted by Gasteiger charge is 2.09. The third-order valence-corrected chi connectivity index (χ3v) is 2.07. The molecule has 4 nitrogen and oxygen atoms in total. The van der Waals surface area contributed by atoms with Gasteiger partial charge in [-0.3, -0.25) is 0 Å². The predicted molar refractivity (Wildman–Crippen MR) is 62.5 cm³/mol. The van der Waals surface area contributed by atoms with Crippen LogP contribution in [-0.4, -0.2) is 32.1 Å². The van der Waals surface area contributed by atoms with E-state index in [1.165, 1.54) is 12.8 Å². The van der Waals surface area contributed by atoms with Gasteiger partial charge < -0.3 is 14.2 Å². The molecule has 0 aromatic rings. The van der Waals surface area contributed by atoms with Gasteiger partial charge in [0.1, 0.15) is 6.10 Å². The smallest absolute Gasteiger partial charge is 0.434 e. The Morgan fingerprint density at radius 1 is 1.19 bits per heavy atom. The number of unbranched alkanes of at least 4 members (excludes halogenated alkanes) is 3. The molecular formula is C12H24O4. The highest BCUT2D eigenvalue weighted by Crippen LogP contribution is 2.01. The first-order valence-corrected chi connectivity index (χ1v) is 6.11. The maximum Gasteiger partial charge on any atom is 0.508 e. The van der Waals surface area contributed by atoms with E-state index >= 15 is 0 Å². The van der Waals surface area contributed by atoms with Crippen LogP contribution in [0.2, 0.25) is 0 Å². The molecule has 16 heavy (non-hydrogen) atoms. The monoisotopic (exact) mass is 232 g/mol. The zero-order valence-corrected chi connectivity index (χ0v) is 10.7. The second kappa shape index (κ2) is 10.7. The summed E-state index contributed by atoms with van der Waals surface area (Å²) in [5, 5.41) is 0. The third-order valence-electron chi connectivity index (χ3n) is 2.07. The van der Waals surface area contributed by atoms with Gasteiger partial charge in [0.25, 0.3) is 0 Å². The van der Waals surface area contributed by atoms with Crippen LogP contribution in [0.3, 0.4) is 0 Å². The number of hydrogen-bond acceptors (Lipinski definition) is 4. The normalized spacial score (nSPS) is 12.2. The summed E-state index contributed by atoms with van der Waals surface area (Å²) in [4.78, 5) is 11.1. The van der Waals surface area contributed by atoms with Gasteiger partial charge in [0.15, 0.2) is 0 Å². The van der Waals surface area contributed by atoms with Gasteiger partial charge in [-0.2, -0.15) is 0 Å². The first-order valence-electron chi connectivity index (χ1n) is 6.11. The van der Waals surface area contributed by atoms with E-state index in [1.54, 1.807) is 6.92 Å². The molecule has 0 amide bonds. The van der Waals surface area contributed by atoms with Gasteiger partial charge in [-0.05, 0) is 20.3 Å². The lowest BCUT2D eigenvalue weighted by atomic mass is 10.2. The van der Waals surface area contributed by atoms with Crippen molar-refractivity contribution in [3.63, 3.8) is 0 Å². The summed E-state index contributed by atoms with van der Waals surface area (Å²) >= 11 is 0. The second-order valence-electron chi connectivity index (χ2n) is 3.75. The molecule has 0 saturated carbocycles. The van der Waals surface area contributed by atoms with Crippen molar-refractivity contribution < 1.29 is 19.0 Å². The highest BCUT2D eigenvalue weighted by molar-refractivity contribution is 5.60. The van der Waals surface area contributed by atoms with Crippen molar-refractivity contribution in [1.29, 1.82) is 0 Å². The molecule has 0 saturated heterocycles. The molecule has 4 heteroatoms. The summed E-state index contributed by atoms with van der Waals surface area (Å²) in [6.45, 7) is 7.32. The molecule has 0 rings (SSSR count). The Morgan fingerprint density at radius 2 is 1.94 bits per heavy atom. The van der Waals surface area contributed by atoms with E-state index in [4.69, 9.17) is 14.2 Å². The lowest BCUT2D eigenvalue weighted by molar-refractivity contribution is -0.00727. The van der Waals surface area contributed by atoms with Gasteiger partial charge in [-0.25, -0.2) is 4.79 Å². The van der Waals surface area contributed by atoms with Crippen molar-refractivity contribution in [2.24, 2.45) is 0 Å². The van der Waals surface area contributed by atoms with Gasteiger partial charge in [0.05, 0.1) is 13.2 Å². The largest absolute Gasteiger partial charge is 0.508 e. The van der Waals surface area contributed by atoms with Crippen molar-refractivity contribution >= 4 is 6.16 Å². The lowest BCUT2D eigenvalue weighted by Crippen LogP contribution is -2.21. The van der Waals surface area contributed by atoms with Crippen LogP contribution in [-0.2, 0) is 14.2 Å². The van der Waals surface area contributed by atoms with Gasteiger partial charge in [0, 0.05) is 6.61 Å². The maximum atomic E-state index is 11.1. The summed E-state index contributed by atoms with van der Waals surface area (Å²) in [6, 6.07) is 0. The minimum absolute atomic E-state index is 0.247. The summed E-state index contributed by atoms with van der Waals surface area (Å²) in [5.74, 6) is 0. The molecular weight excluding hydrogens is 208 g/mol. The van der Waals surface area contributed by atoms with E-state index in [-0.39, 0.29) is 6.10 Å². The van der Waals surface area contributed by atoms with Crippen molar-refractivity contribution in [2.45, 2.75) is 52.6 Å². The number of carbonyl (C=O) groups excluding carboxylic acids is 1. The maximum absolute atomic E-state index is 11.1. The van der Waals surface area contributed by atoms with Crippen LogP contribution < -0.4 is 0 Å². The summed E-state index contributed by atoms with van der Waals surface area (Å²) in [6.07, 6.45) is 3.52. The van der Waals surface area contributed by atoms with Gasteiger partial charge in [0.2, 0.25) is 0 Å². The molecule has 1 atom stereocenters. The molecule has 0 N–H and O–H groups in total. The number of carbonyl (C=O) groups is 1. The van der Waals surface area contributed by atoms with Crippen LogP contribution in [0, 0.1) is 0 Å². The SMILES string of the molecule is CCCCCCOC(=O)OC(C)COCC. The predicted octanol–water partition coefficient (Wildman–Crippen LogP) is 3.14. The minimum atomic E-state index is -0.594. The van der Waals surface area contributed by atoms with Crippen molar-refractivity contribution in [3.8, 4) is 0 Å². The molecule has 1 unspecified atom stereocenters. The Balaban J connectivity index is 3.36. The van der Waals surface area contributed by atoms with E-state index in [1.807, 2.05) is 6.92 Å². The molecule has 0 heterocycles. The summed E-state index contributed by atoms with van der Waals surface area (Å²) in [5.41, 5.74) is 0. The van der Waals surface area contributed by atoms with Crippen molar-refractivity contribution in [3.05, 3.63) is 0 Å². The molecule has 0 aliphatic heterocycles. The van der Waals surface area contributed by atoms with Crippen LogP contribution in [0.1, 0.15) is 46.5 Å².